The largest absolute Gasteiger partial charge is 0.355 e. The van der Waals surface area contributed by atoms with Crippen LogP contribution in [0.2, 0.25) is 0 Å². The van der Waals surface area contributed by atoms with E-state index in [0.717, 1.165) is 0 Å². The van der Waals surface area contributed by atoms with E-state index in [9.17, 15) is 23.6 Å². The van der Waals surface area contributed by atoms with E-state index >= 15 is 0 Å². The van der Waals surface area contributed by atoms with E-state index in [1.54, 1.807) is 42.9 Å². The first-order valence-corrected chi connectivity index (χ1v) is 12.3. The summed E-state index contributed by atoms with van der Waals surface area (Å²) in [7, 11) is 2.94. The van der Waals surface area contributed by atoms with E-state index in [4.69, 9.17) is 0 Å². The second-order valence-corrected chi connectivity index (χ2v) is 8.89. The van der Waals surface area contributed by atoms with Crippen molar-refractivity contribution < 1.29 is 14.0 Å². The number of nitrogens with zero attached hydrogens (tertiary/aromatic N) is 6. The maximum atomic E-state index is 15.0. The van der Waals surface area contributed by atoms with Crippen LogP contribution < -0.4 is 21.9 Å². The van der Waals surface area contributed by atoms with Crippen molar-refractivity contribution in [1.29, 1.82) is 0 Å². The van der Waals surface area contributed by atoms with E-state index in [1.165, 1.54) is 51.4 Å². The van der Waals surface area contributed by atoms with Crippen LogP contribution in [-0.4, -0.2) is 47.6 Å². The number of halogens is 1. The van der Waals surface area contributed by atoms with E-state index in [0.29, 0.717) is 23.7 Å². The van der Waals surface area contributed by atoms with E-state index in [-0.39, 0.29) is 39.1 Å². The lowest BCUT2D eigenvalue weighted by Crippen LogP contribution is -2.23. The van der Waals surface area contributed by atoms with Crippen LogP contribution in [0.25, 0.3) is 22.3 Å². The molecule has 0 fully saturated rings. The molecule has 0 atom stereocenters. The molecule has 13 heteroatoms. The molecule has 204 valence electrons. The molecule has 0 radical (unpaired) electrons. The topological polar surface area (TPSA) is 138 Å². The maximum absolute atomic E-state index is 15.0. The summed E-state index contributed by atoms with van der Waals surface area (Å²) in [4.78, 5) is 55.5. The standard InChI is InChI=1S/C27H25FN8O4/c1-5-34-23-19(13-14-30-22(23)25(38)31-20-8-6-7-18(21(20)28)24(37)29-3)26(39)36(34)17-11-9-16(10-12-17)35-15(2)32-33(4)27(35)40/h6-14H,5H2,1-4H3,(H,29,37)(H,31,38). The Kier molecular flexibility index (Phi) is 6.63. The molecule has 0 aliphatic heterocycles. The first-order chi connectivity index (χ1) is 19.2. The third kappa shape index (κ3) is 4.17. The smallest absolute Gasteiger partial charge is 0.350 e. The summed E-state index contributed by atoms with van der Waals surface area (Å²) in [6, 6.07) is 12.4. The number of fused-ring (bicyclic) bond motifs is 1. The number of carbonyl (C=O) groups excluding carboxylic acids is 2. The Morgan fingerprint density at radius 3 is 2.33 bits per heavy atom. The number of amides is 2. The highest BCUT2D eigenvalue weighted by Crippen LogP contribution is 2.23. The predicted molar refractivity (Wildman–Crippen MR) is 146 cm³/mol. The molecule has 0 aliphatic rings. The molecule has 0 spiro atoms. The molecule has 2 N–H and O–H groups in total. The molecule has 2 aromatic carbocycles. The summed E-state index contributed by atoms with van der Waals surface area (Å²) in [5.41, 5.74) is 0.133. The van der Waals surface area contributed by atoms with Crippen LogP contribution in [0.15, 0.2) is 64.3 Å². The van der Waals surface area contributed by atoms with Crippen LogP contribution >= 0.6 is 0 Å². The molecule has 0 unspecified atom stereocenters. The molecule has 0 aliphatic carbocycles. The predicted octanol–water partition coefficient (Wildman–Crippen LogP) is 2.15. The third-order valence-electron chi connectivity index (χ3n) is 6.52. The van der Waals surface area contributed by atoms with Crippen LogP contribution in [0.3, 0.4) is 0 Å². The summed E-state index contributed by atoms with van der Waals surface area (Å²) < 4.78 is 20.7. The molecular weight excluding hydrogens is 519 g/mol. The molecule has 3 aromatic heterocycles. The minimum Gasteiger partial charge on any atom is -0.355 e. The highest BCUT2D eigenvalue weighted by molar-refractivity contribution is 6.11. The van der Waals surface area contributed by atoms with Gasteiger partial charge >= 0.3 is 5.69 Å². The van der Waals surface area contributed by atoms with Gasteiger partial charge in [0.05, 0.1) is 28.0 Å². The summed E-state index contributed by atoms with van der Waals surface area (Å²) in [6.45, 7) is 3.83. The van der Waals surface area contributed by atoms with Crippen molar-refractivity contribution in [1.82, 2.24) is 34.0 Å². The van der Waals surface area contributed by atoms with E-state index < -0.39 is 17.6 Å². The highest BCUT2D eigenvalue weighted by Gasteiger charge is 2.23. The Hall–Kier alpha value is -5.33. The van der Waals surface area contributed by atoms with Gasteiger partial charge in [-0.25, -0.2) is 28.1 Å². The fraction of sp³-hybridized carbons (Fsp3) is 0.185. The number of nitrogens with one attached hydrogen (secondary N) is 2. The monoisotopic (exact) mass is 544 g/mol. The lowest BCUT2D eigenvalue weighted by Gasteiger charge is -2.13. The molecule has 12 nitrogen and oxygen atoms in total. The number of rotatable bonds is 6. The lowest BCUT2D eigenvalue weighted by molar-refractivity contribution is 0.0957. The van der Waals surface area contributed by atoms with Crippen molar-refractivity contribution in [2.45, 2.75) is 20.4 Å². The fourth-order valence-corrected chi connectivity index (χ4v) is 4.68. The number of anilines is 1. The van der Waals surface area contributed by atoms with Gasteiger partial charge in [-0.05, 0) is 56.3 Å². The van der Waals surface area contributed by atoms with Crippen molar-refractivity contribution >= 4 is 28.4 Å². The zero-order valence-corrected chi connectivity index (χ0v) is 22.1. The van der Waals surface area contributed by atoms with Crippen LogP contribution in [0.1, 0.15) is 33.6 Å². The van der Waals surface area contributed by atoms with Gasteiger partial charge in [-0.1, -0.05) is 6.07 Å². The SMILES string of the molecule is CCn1c2c(C(=O)Nc3cccc(C(=O)NC)c3F)nccc2c(=O)n1-c1ccc(-n2c(C)nn(C)c2=O)cc1. The molecule has 5 rings (SSSR count). The maximum Gasteiger partial charge on any atom is 0.350 e. The number of benzene rings is 2. The van der Waals surface area contributed by atoms with Crippen molar-refractivity contribution in [3.8, 4) is 11.4 Å². The van der Waals surface area contributed by atoms with Crippen LogP contribution in [0, 0.1) is 12.7 Å². The number of aromatic nitrogens is 6. The number of carbonyl (C=O) groups is 2. The minimum atomic E-state index is -0.893. The Morgan fingerprint density at radius 1 is 1.00 bits per heavy atom. The third-order valence-corrected chi connectivity index (χ3v) is 6.52. The first-order valence-electron chi connectivity index (χ1n) is 12.3. The Balaban J connectivity index is 1.58. The van der Waals surface area contributed by atoms with Gasteiger partial charge in [-0.15, -0.1) is 0 Å². The molecule has 0 saturated heterocycles. The molecule has 0 bridgehead atoms. The van der Waals surface area contributed by atoms with Crippen molar-refractivity contribution in [3.63, 3.8) is 0 Å². The number of pyridine rings is 1. The lowest BCUT2D eigenvalue weighted by atomic mass is 10.1. The van der Waals surface area contributed by atoms with E-state index in [1.807, 2.05) is 6.92 Å². The van der Waals surface area contributed by atoms with Crippen LogP contribution in [-0.2, 0) is 13.6 Å². The van der Waals surface area contributed by atoms with Crippen LogP contribution in [0.4, 0.5) is 10.1 Å². The molecule has 0 saturated carbocycles. The average Bonchev–Trinajstić information content (AvgIpc) is 3.39. The van der Waals surface area contributed by atoms with Gasteiger partial charge in [0, 0.05) is 26.8 Å². The fourth-order valence-electron chi connectivity index (χ4n) is 4.68. The normalized spacial score (nSPS) is 11.1. The summed E-state index contributed by atoms with van der Waals surface area (Å²) in [6.07, 6.45) is 1.33. The van der Waals surface area contributed by atoms with Crippen molar-refractivity contribution in [2.24, 2.45) is 7.05 Å². The zero-order valence-electron chi connectivity index (χ0n) is 22.1. The Bertz CT molecular complexity index is 1910. The summed E-state index contributed by atoms with van der Waals surface area (Å²) >= 11 is 0. The van der Waals surface area contributed by atoms with Gasteiger partial charge < -0.3 is 10.6 Å². The van der Waals surface area contributed by atoms with Gasteiger partial charge in [-0.2, -0.15) is 5.10 Å². The summed E-state index contributed by atoms with van der Waals surface area (Å²) in [5, 5.41) is 9.20. The number of aryl methyl sites for hydroxylation is 3. The zero-order chi connectivity index (χ0) is 28.7. The minimum absolute atomic E-state index is 0.0888. The second-order valence-electron chi connectivity index (χ2n) is 8.89. The molecule has 5 aromatic rings. The second kappa shape index (κ2) is 10.1. The van der Waals surface area contributed by atoms with Crippen molar-refractivity contribution in [3.05, 3.63) is 98.5 Å². The van der Waals surface area contributed by atoms with Gasteiger partial charge in [-0.3, -0.25) is 19.1 Å². The number of hydrogen-bond acceptors (Lipinski definition) is 6. The number of hydrogen-bond donors (Lipinski definition) is 2. The highest BCUT2D eigenvalue weighted by atomic mass is 19.1. The average molecular weight is 545 g/mol. The van der Waals surface area contributed by atoms with Crippen LogP contribution in [0.5, 0.6) is 0 Å². The molecule has 3 heterocycles. The molecular formula is C27H25FN8O4. The van der Waals surface area contributed by atoms with E-state index in [2.05, 4.69) is 20.7 Å². The first kappa shape index (κ1) is 26.3. The molecule has 40 heavy (non-hydrogen) atoms. The van der Waals surface area contributed by atoms with Gasteiger partial charge in [0.2, 0.25) is 0 Å². The Morgan fingerprint density at radius 2 is 1.70 bits per heavy atom. The van der Waals surface area contributed by atoms with Gasteiger partial charge in [0.15, 0.2) is 11.5 Å². The van der Waals surface area contributed by atoms with Gasteiger partial charge in [0.1, 0.15) is 11.3 Å². The van der Waals surface area contributed by atoms with Gasteiger partial charge in [0.25, 0.3) is 17.4 Å². The quantitative estimate of drug-likeness (QED) is 0.336. The summed E-state index contributed by atoms with van der Waals surface area (Å²) in [5.74, 6) is -1.77. The molecule has 2 amide bonds. The Labute approximate surface area is 226 Å². The van der Waals surface area contributed by atoms with Crippen molar-refractivity contribution in [2.75, 3.05) is 12.4 Å².